The van der Waals surface area contributed by atoms with Crippen LogP contribution in [0, 0.1) is 0 Å². The maximum atomic E-state index is 5.96. The molecule has 1 aromatic rings. The van der Waals surface area contributed by atoms with E-state index in [1.807, 2.05) is 0 Å². The molecule has 4 nitrogen and oxygen atoms in total. The fourth-order valence-corrected chi connectivity index (χ4v) is 2.18. The predicted molar refractivity (Wildman–Crippen MR) is 59.5 cm³/mol. The summed E-state index contributed by atoms with van der Waals surface area (Å²) in [5.74, 6) is 0. The molecule has 2 rings (SSSR count). The van der Waals surface area contributed by atoms with Crippen molar-refractivity contribution in [3.05, 3.63) is 23.2 Å². The van der Waals surface area contributed by atoms with Crippen molar-refractivity contribution in [3.63, 3.8) is 0 Å². The molecule has 0 radical (unpaired) electrons. The molecule has 1 atom stereocenters. The third kappa shape index (κ3) is 2.45. The molecule has 0 bridgehead atoms. The summed E-state index contributed by atoms with van der Waals surface area (Å²) in [6, 6.07) is 0.475. The molecular formula is C10H15ClN4. The van der Waals surface area contributed by atoms with Gasteiger partial charge in [-0.15, -0.1) is 0 Å². The number of likely N-dealkylation sites (tertiary alicyclic amines) is 1. The summed E-state index contributed by atoms with van der Waals surface area (Å²) in [4.78, 5) is 10.6. The SMILES string of the molecule is NC[C@H]1CCCN1Cc1nccnc1Cl. The third-order valence-electron chi connectivity index (χ3n) is 2.85. The Bertz CT molecular complexity index is 331. The first kappa shape index (κ1) is 10.8. The number of halogens is 1. The number of rotatable bonds is 3. The van der Waals surface area contributed by atoms with Crippen molar-refractivity contribution in [1.29, 1.82) is 0 Å². The molecule has 1 aliphatic rings. The summed E-state index contributed by atoms with van der Waals surface area (Å²) in [6.45, 7) is 2.54. The van der Waals surface area contributed by atoms with Crippen LogP contribution in [-0.4, -0.2) is 34.0 Å². The zero-order chi connectivity index (χ0) is 10.7. The zero-order valence-corrected chi connectivity index (χ0v) is 9.32. The minimum absolute atomic E-state index is 0.475. The van der Waals surface area contributed by atoms with E-state index in [0.29, 0.717) is 17.7 Å². The van der Waals surface area contributed by atoms with Crippen molar-refractivity contribution in [2.45, 2.75) is 25.4 Å². The van der Waals surface area contributed by atoms with Gasteiger partial charge in [-0.2, -0.15) is 0 Å². The van der Waals surface area contributed by atoms with Gasteiger partial charge in [-0.05, 0) is 19.4 Å². The molecule has 0 aromatic carbocycles. The molecule has 2 heterocycles. The molecule has 1 saturated heterocycles. The van der Waals surface area contributed by atoms with E-state index in [-0.39, 0.29) is 0 Å². The second kappa shape index (κ2) is 4.88. The fraction of sp³-hybridized carbons (Fsp3) is 0.600. The Hall–Kier alpha value is -0.710. The first-order valence-electron chi connectivity index (χ1n) is 5.20. The topological polar surface area (TPSA) is 55.0 Å². The highest BCUT2D eigenvalue weighted by atomic mass is 35.5. The van der Waals surface area contributed by atoms with Gasteiger partial charge >= 0.3 is 0 Å². The maximum absolute atomic E-state index is 5.96. The van der Waals surface area contributed by atoms with Crippen molar-refractivity contribution in [1.82, 2.24) is 14.9 Å². The van der Waals surface area contributed by atoms with Crippen molar-refractivity contribution in [2.24, 2.45) is 5.73 Å². The molecule has 5 heteroatoms. The number of hydrogen-bond acceptors (Lipinski definition) is 4. The van der Waals surface area contributed by atoms with E-state index in [1.165, 1.54) is 12.8 Å². The normalized spacial score (nSPS) is 22.1. The van der Waals surface area contributed by atoms with E-state index in [1.54, 1.807) is 12.4 Å². The Labute approximate surface area is 94.5 Å². The summed E-state index contributed by atoms with van der Waals surface area (Å²) in [6.07, 6.45) is 5.67. The van der Waals surface area contributed by atoms with Crippen molar-refractivity contribution in [3.8, 4) is 0 Å². The molecule has 0 unspecified atom stereocenters. The molecular weight excluding hydrogens is 212 g/mol. The summed E-state index contributed by atoms with van der Waals surface area (Å²) in [7, 11) is 0. The molecule has 0 saturated carbocycles. The first-order chi connectivity index (χ1) is 7.31. The molecule has 1 fully saturated rings. The lowest BCUT2D eigenvalue weighted by Crippen LogP contribution is -2.35. The molecule has 0 spiro atoms. The molecule has 0 amide bonds. The average Bonchev–Trinajstić information content (AvgIpc) is 2.69. The number of nitrogens with zero attached hydrogens (tertiary/aromatic N) is 3. The molecule has 15 heavy (non-hydrogen) atoms. The largest absolute Gasteiger partial charge is 0.329 e. The van der Waals surface area contributed by atoms with Crippen LogP contribution in [0.4, 0.5) is 0 Å². The summed E-state index contributed by atoms with van der Waals surface area (Å²) in [5, 5.41) is 0.500. The molecule has 1 aromatic heterocycles. The van der Waals surface area contributed by atoms with E-state index in [0.717, 1.165) is 18.8 Å². The van der Waals surface area contributed by atoms with Crippen LogP contribution >= 0.6 is 11.6 Å². The van der Waals surface area contributed by atoms with Gasteiger partial charge in [-0.25, -0.2) is 4.98 Å². The van der Waals surface area contributed by atoms with Crippen LogP contribution in [0.2, 0.25) is 5.15 Å². The predicted octanol–water partition coefficient (Wildman–Crippen LogP) is 1.05. The average molecular weight is 227 g/mol. The zero-order valence-electron chi connectivity index (χ0n) is 8.56. The Balaban J connectivity index is 2.05. The third-order valence-corrected chi connectivity index (χ3v) is 3.16. The van der Waals surface area contributed by atoms with Gasteiger partial charge in [-0.1, -0.05) is 11.6 Å². The smallest absolute Gasteiger partial charge is 0.151 e. The summed E-state index contributed by atoms with van der Waals surface area (Å²) < 4.78 is 0. The first-order valence-corrected chi connectivity index (χ1v) is 5.58. The minimum Gasteiger partial charge on any atom is -0.329 e. The highest BCUT2D eigenvalue weighted by molar-refractivity contribution is 6.29. The maximum Gasteiger partial charge on any atom is 0.151 e. The van der Waals surface area contributed by atoms with Gasteiger partial charge in [0.15, 0.2) is 5.15 Å². The van der Waals surface area contributed by atoms with E-state index in [9.17, 15) is 0 Å². The van der Waals surface area contributed by atoms with Gasteiger partial charge in [-0.3, -0.25) is 9.88 Å². The highest BCUT2D eigenvalue weighted by Gasteiger charge is 2.24. The van der Waals surface area contributed by atoms with Gasteiger partial charge in [0, 0.05) is 31.5 Å². The lowest BCUT2D eigenvalue weighted by atomic mass is 10.2. The van der Waals surface area contributed by atoms with E-state index >= 15 is 0 Å². The van der Waals surface area contributed by atoms with Crippen LogP contribution in [-0.2, 0) is 6.54 Å². The second-order valence-electron chi connectivity index (χ2n) is 3.80. The minimum atomic E-state index is 0.475. The Kier molecular flexibility index (Phi) is 3.51. The van der Waals surface area contributed by atoms with Gasteiger partial charge in [0.05, 0.1) is 5.69 Å². The standard InChI is InChI=1S/C10H15ClN4/c11-10-9(13-3-4-14-10)7-15-5-1-2-8(15)6-12/h3-4,8H,1-2,5-7,12H2/t8-/m1/s1. The van der Waals surface area contributed by atoms with Crippen molar-refractivity contribution in [2.75, 3.05) is 13.1 Å². The van der Waals surface area contributed by atoms with Crippen LogP contribution in [0.5, 0.6) is 0 Å². The number of hydrogen-bond donors (Lipinski definition) is 1. The number of nitrogens with two attached hydrogens (primary N) is 1. The van der Waals surface area contributed by atoms with Crippen molar-refractivity contribution < 1.29 is 0 Å². The van der Waals surface area contributed by atoms with Crippen LogP contribution in [0.15, 0.2) is 12.4 Å². The van der Waals surface area contributed by atoms with E-state index in [4.69, 9.17) is 17.3 Å². The second-order valence-corrected chi connectivity index (χ2v) is 4.15. The van der Waals surface area contributed by atoms with Gasteiger partial charge in [0.1, 0.15) is 0 Å². The quantitative estimate of drug-likeness (QED) is 0.837. The van der Waals surface area contributed by atoms with Gasteiger partial charge < -0.3 is 5.73 Å². The summed E-state index contributed by atoms with van der Waals surface area (Å²) in [5.41, 5.74) is 6.55. The summed E-state index contributed by atoms with van der Waals surface area (Å²) >= 11 is 5.96. The van der Waals surface area contributed by atoms with E-state index < -0.39 is 0 Å². The van der Waals surface area contributed by atoms with Crippen LogP contribution in [0.1, 0.15) is 18.5 Å². The van der Waals surface area contributed by atoms with Crippen molar-refractivity contribution >= 4 is 11.6 Å². The van der Waals surface area contributed by atoms with Crippen LogP contribution < -0.4 is 5.73 Å². The molecule has 1 aliphatic heterocycles. The van der Waals surface area contributed by atoms with Gasteiger partial charge in [0.2, 0.25) is 0 Å². The Morgan fingerprint density at radius 2 is 2.27 bits per heavy atom. The molecule has 2 N–H and O–H groups in total. The van der Waals surface area contributed by atoms with Crippen LogP contribution in [0.25, 0.3) is 0 Å². The molecule has 82 valence electrons. The van der Waals surface area contributed by atoms with Gasteiger partial charge in [0.25, 0.3) is 0 Å². The fourth-order valence-electron chi connectivity index (χ4n) is 2.02. The molecule has 0 aliphatic carbocycles. The Morgan fingerprint density at radius 3 is 3.00 bits per heavy atom. The van der Waals surface area contributed by atoms with E-state index in [2.05, 4.69) is 14.9 Å². The lowest BCUT2D eigenvalue weighted by Gasteiger charge is -2.22. The number of aromatic nitrogens is 2. The highest BCUT2D eigenvalue weighted by Crippen LogP contribution is 2.20. The Morgan fingerprint density at radius 1 is 1.47 bits per heavy atom. The van der Waals surface area contributed by atoms with Crippen LogP contribution in [0.3, 0.4) is 0 Å². The lowest BCUT2D eigenvalue weighted by molar-refractivity contribution is 0.247. The monoisotopic (exact) mass is 226 g/mol.